The zero-order chi connectivity index (χ0) is 20.2. The molecule has 2 aromatic heterocycles. The number of aromatic nitrogens is 2. The van der Waals surface area contributed by atoms with Gasteiger partial charge in [0.2, 0.25) is 12.2 Å². The second-order valence-electron chi connectivity index (χ2n) is 7.17. The van der Waals surface area contributed by atoms with Crippen LogP contribution in [-0.4, -0.2) is 29.1 Å². The molecule has 2 N–H and O–H groups in total. The molecule has 0 saturated carbocycles. The van der Waals surface area contributed by atoms with Crippen molar-refractivity contribution in [2.24, 2.45) is 0 Å². The predicted molar refractivity (Wildman–Crippen MR) is 105 cm³/mol. The molecule has 8 nitrogen and oxygen atoms in total. The molecule has 0 bridgehead atoms. The number of piperidine rings is 1. The molecule has 1 fully saturated rings. The Morgan fingerprint density at radius 1 is 1.31 bits per heavy atom. The fourth-order valence-electron chi connectivity index (χ4n) is 3.54. The summed E-state index contributed by atoms with van der Waals surface area (Å²) < 4.78 is 10.2. The van der Waals surface area contributed by atoms with Crippen molar-refractivity contribution in [3.63, 3.8) is 0 Å². The van der Waals surface area contributed by atoms with Crippen LogP contribution in [0.25, 0.3) is 11.4 Å². The SMILES string of the molecule is Cc1cc(C2CCCNC2)oc(=O)c1C(=O)NCc1ccc(-c2ncon2)cc1. The molecule has 150 valence electrons. The minimum absolute atomic E-state index is 0.0564. The van der Waals surface area contributed by atoms with E-state index in [-0.39, 0.29) is 11.5 Å². The van der Waals surface area contributed by atoms with Crippen LogP contribution in [0, 0.1) is 6.92 Å². The van der Waals surface area contributed by atoms with Gasteiger partial charge in [-0.1, -0.05) is 29.4 Å². The molecule has 1 aliphatic heterocycles. The molecule has 0 radical (unpaired) electrons. The van der Waals surface area contributed by atoms with E-state index in [1.54, 1.807) is 6.92 Å². The molecule has 1 amide bonds. The maximum absolute atomic E-state index is 12.6. The fraction of sp³-hybridized carbons (Fsp3) is 0.333. The van der Waals surface area contributed by atoms with E-state index in [9.17, 15) is 9.59 Å². The Bertz CT molecular complexity index is 1040. The van der Waals surface area contributed by atoms with E-state index in [0.717, 1.165) is 37.1 Å². The number of hydrogen-bond acceptors (Lipinski definition) is 7. The second kappa shape index (κ2) is 8.40. The molecule has 3 heterocycles. The summed E-state index contributed by atoms with van der Waals surface area (Å²) in [6.07, 6.45) is 3.29. The summed E-state index contributed by atoms with van der Waals surface area (Å²) in [6.45, 7) is 3.83. The summed E-state index contributed by atoms with van der Waals surface area (Å²) >= 11 is 0. The summed E-state index contributed by atoms with van der Waals surface area (Å²) in [5.74, 6) is 0.882. The highest BCUT2D eigenvalue weighted by Gasteiger charge is 2.22. The molecule has 0 aliphatic carbocycles. The van der Waals surface area contributed by atoms with Crippen molar-refractivity contribution in [2.45, 2.75) is 32.2 Å². The Balaban J connectivity index is 1.43. The molecule has 1 aliphatic rings. The van der Waals surface area contributed by atoms with Crippen LogP contribution in [0.5, 0.6) is 0 Å². The smallest absolute Gasteiger partial charge is 0.349 e. The largest absolute Gasteiger partial charge is 0.427 e. The summed E-state index contributed by atoms with van der Waals surface area (Å²) in [6, 6.07) is 9.23. The predicted octanol–water partition coefficient (Wildman–Crippen LogP) is 2.40. The molecule has 3 aromatic rings. The molecule has 0 spiro atoms. The maximum atomic E-state index is 12.6. The van der Waals surface area contributed by atoms with Crippen molar-refractivity contribution in [3.05, 3.63) is 69.6 Å². The molecule has 29 heavy (non-hydrogen) atoms. The van der Waals surface area contributed by atoms with Gasteiger partial charge in [0.25, 0.3) is 5.91 Å². The number of aryl methyl sites for hydroxylation is 1. The van der Waals surface area contributed by atoms with E-state index in [1.807, 2.05) is 30.3 Å². The lowest BCUT2D eigenvalue weighted by molar-refractivity contribution is 0.0945. The van der Waals surface area contributed by atoms with Gasteiger partial charge in [-0.15, -0.1) is 0 Å². The van der Waals surface area contributed by atoms with Crippen molar-refractivity contribution in [1.82, 2.24) is 20.8 Å². The Morgan fingerprint density at radius 3 is 2.79 bits per heavy atom. The summed E-state index contributed by atoms with van der Waals surface area (Å²) in [5, 5.41) is 9.88. The summed E-state index contributed by atoms with van der Waals surface area (Å²) in [4.78, 5) is 29.0. The Labute approximate surface area is 167 Å². The third kappa shape index (κ3) is 4.27. The van der Waals surface area contributed by atoms with Gasteiger partial charge in [0, 0.05) is 24.6 Å². The number of hydrogen-bond donors (Lipinski definition) is 2. The van der Waals surface area contributed by atoms with E-state index in [2.05, 4.69) is 20.8 Å². The van der Waals surface area contributed by atoms with Gasteiger partial charge in [-0.3, -0.25) is 4.79 Å². The Morgan fingerprint density at radius 2 is 2.14 bits per heavy atom. The normalized spacial score (nSPS) is 16.5. The van der Waals surface area contributed by atoms with Crippen LogP contribution in [0.4, 0.5) is 0 Å². The topological polar surface area (TPSA) is 110 Å². The van der Waals surface area contributed by atoms with Crippen LogP contribution >= 0.6 is 0 Å². The molecule has 8 heteroatoms. The second-order valence-corrected chi connectivity index (χ2v) is 7.17. The fourth-order valence-corrected chi connectivity index (χ4v) is 3.54. The van der Waals surface area contributed by atoms with E-state index in [0.29, 0.717) is 23.7 Å². The van der Waals surface area contributed by atoms with Crippen molar-refractivity contribution < 1.29 is 13.7 Å². The molecule has 1 aromatic carbocycles. The first-order valence-electron chi connectivity index (χ1n) is 9.61. The van der Waals surface area contributed by atoms with Crippen LogP contribution < -0.4 is 16.3 Å². The van der Waals surface area contributed by atoms with Gasteiger partial charge in [0.15, 0.2) is 0 Å². The molecular weight excluding hydrogens is 372 g/mol. The molecule has 1 saturated heterocycles. The number of nitrogens with one attached hydrogen (secondary N) is 2. The zero-order valence-corrected chi connectivity index (χ0v) is 16.1. The highest BCUT2D eigenvalue weighted by Crippen LogP contribution is 2.23. The highest BCUT2D eigenvalue weighted by atomic mass is 16.5. The average Bonchev–Trinajstić information content (AvgIpc) is 3.28. The van der Waals surface area contributed by atoms with E-state index < -0.39 is 11.5 Å². The van der Waals surface area contributed by atoms with Gasteiger partial charge < -0.3 is 19.6 Å². The highest BCUT2D eigenvalue weighted by molar-refractivity contribution is 5.95. The Hall–Kier alpha value is -3.26. The number of rotatable bonds is 5. The van der Waals surface area contributed by atoms with E-state index in [1.165, 1.54) is 6.39 Å². The molecular formula is C21H22N4O4. The van der Waals surface area contributed by atoms with Crippen molar-refractivity contribution in [3.8, 4) is 11.4 Å². The van der Waals surface area contributed by atoms with Gasteiger partial charge in [-0.25, -0.2) is 4.79 Å². The minimum atomic E-state index is -0.587. The van der Waals surface area contributed by atoms with Gasteiger partial charge >= 0.3 is 5.63 Å². The lowest BCUT2D eigenvalue weighted by Crippen LogP contribution is -2.31. The maximum Gasteiger partial charge on any atom is 0.349 e. The quantitative estimate of drug-likeness (QED) is 0.684. The van der Waals surface area contributed by atoms with Crippen LogP contribution in [0.1, 0.15) is 46.0 Å². The molecule has 1 atom stereocenters. The van der Waals surface area contributed by atoms with Gasteiger partial charge in [-0.05, 0) is 43.5 Å². The van der Waals surface area contributed by atoms with Crippen LogP contribution in [-0.2, 0) is 6.54 Å². The van der Waals surface area contributed by atoms with Crippen molar-refractivity contribution >= 4 is 5.91 Å². The van der Waals surface area contributed by atoms with Crippen molar-refractivity contribution in [1.29, 1.82) is 0 Å². The number of carbonyl (C=O) groups excluding carboxylic acids is 1. The van der Waals surface area contributed by atoms with Gasteiger partial charge in [0.05, 0.1) is 0 Å². The summed E-state index contributed by atoms with van der Waals surface area (Å²) in [7, 11) is 0. The van der Waals surface area contributed by atoms with Gasteiger partial charge in [-0.2, -0.15) is 4.98 Å². The van der Waals surface area contributed by atoms with Crippen LogP contribution in [0.2, 0.25) is 0 Å². The lowest BCUT2D eigenvalue weighted by atomic mass is 9.95. The minimum Gasteiger partial charge on any atom is -0.427 e. The standard InChI is InChI=1S/C21H22N4O4/c1-13-9-17(16-3-2-8-22-11-16)29-21(27)18(13)20(26)23-10-14-4-6-15(7-5-14)19-24-12-28-25-19/h4-7,9,12,16,22H,2-3,8,10-11H2,1H3,(H,23,26). The summed E-state index contributed by atoms with van der Waals surface area (Å²) in [5.41, 5.74) is 1.80. The van der Waals surface area contributed by atoms with Crippen LogP contribution in [0.3, 0.4) is 0 Å². The number of benzene rings is 1. The first-order chi connectivity index (χ1) is 14.1. The van der Waals surface area contributed by atoms with E-state index in [4.69, 9.17) is 8.94 Å². The molecule has 1 unspecified atom stereocenters. The average molecular weight is 394 g/mol. The number of amides is 1. The first-order valence-corrected chi connectivity index (χ1v) is 9.61. The van der Waals surface area contributed by atoms with Crippen LogP contribution in [0.15, 0.2) is 50.5 Å². The third-order valence-corrected chi connectivity index (χ3v) is 5.12. The Kier molecular flexibility index (Phi) is 5.53. The van der Waals surface area contributed by atoms with Gasteiger partial charge in [0.1, 0.15) is 11.3 Å². The third-order valence-electron chi connectivity index (χ3n) is 5.12. The number of carbonyl (C=O) groups is 1. The monoisotopic (exact) mass is 394 g/mol. The first kappa shape index (κ1) is 19.1. The molecule has 4 rings (SSSR count). The van der Waals surface area contributed by atoms with Crippen molar-refractivity contribution in [2.75, 3.05) is 13.1 Å². The lowest BCUT2D eigenvalue weighted by Gasteiger charge is -2.22. The number of nitrogens with zero attached hydrogens (tertiary/aromatic N) is 2. The van der Waals surface area contributed by atoms with E-state index >= 15 is 0 Å². The zero-order valence-electron chi connectivity index (χ0n) is 16.1.